The predicted molar refractivity (Wildman–Crippen MR) is 75.6 cm³/mol. The molecule has 1 aliphatic heterocycles. The number of ether oxygens (including phenoxy) is 1. The minimum Gasteiger partial charge on any atom is -0.492 e. The van der Waals surface area contributed by atoms with Crippen LogP contribution in [0.4, 0.5) is 0 Å². The molecule has 2 amide bonds. The summed E-state index contributed by atoms with van der Waals surface area (Å²) in [6.07, 6.45) is 1.44. The third kappa shape index (κ3) is 3.87. The Morgan fingerprint density at radius 3 is 3.00 bits per heavy atom. The summed E-state index contributed by atoms with van der Waals surface area (Å²) in [5, 5.41) is 3.43. The fourth-order valence-electron chi connectivity index (χ4n) is 2.15. The number of hydrogen-bond donors (Lipinski definition) is 2. The van der Waals surface area contributed by atoms with Gasteiger partial charge in [-0.15, -0.1) is 0 Å². The average molecular weight is 297 g/mol. The van der Waals surface area contributed by atoms with Crippen LogP contribution in [0.15, 0.2) is 18.2 Å². The Morgan fingerprint density at radius 2 is 2.25 bits per heavy atom. The van der Waals surface area contributed by atoms with Crippen molar-refractivity contribution in [3.8, 4) is 5.75 Å². The molecular weight excluding hydrogens is 280 g/mol. The molecule has 0 spiro atoms. The van der Waals surface area contributed by atoms with Crippen LogP contribution in [0.2, 0.25) is 5.02 Å². The van der Waals surface area contributed by atoms with Gasteiger partial charge in [-0.2, -0.15) is 0 Å². The molecule has 20 heavy (non-hydrogen) atoms. The van der Waals surface area contributed by atoms with Gasteiger partial charge in [-0.3, -0.25) is 9.59 Å². The van der Waals surface area contributed by atoms with Crippen molar-refractivity contribution < 1.29 is 14.3 Å². The van der Waals surface area contributed by atoms with Crippen molar-refractivity contribution in [3.05, 3.63) is 28.8 Å². The van der Waals surface area contributed by atoms with Crippen molar-refractivity contribution >= 4 is 23.4 Å². The molecule has 1 aromatic rings. The van der Waals surface area contributed by atoms with Crippen molar-refractivity contribution in [1.82, 2.24) is 5.32 Å². The van der Waals surface area contributed by atoms with Crippen LogP contribution in [0.1, 0.15) is 18.4 Å². The molecule has 1 aliphatic rings. The Kier molecular flexibility index (Phi) is 4.84. The van der Waals surface area contributed by atoms with Crippen molar-refractivity contribution in [1.29, 1.82) is 0 Å². The van der Waals surface area contributed by atoms with Gasteiger partial charge in [-0.1, -0.05) is 11.6 Å². The van der Waals surface area contributed by atoms with Gasteiger partial charge in [0, 0.05) is 18.0 Å². The van der Waals surface area contributed by atoms with E-state index in [1.807, 2.05) is 12.1 Å². The maximum absolute atomic E-state index is 12.0. The Morgan fingerprint density at radius 1 is 1.45 bits per heavy atom. The smallest absolute Gasteiger partial charge is 0.226 e. The average Bonchev–Trinajstić information content (AvgIpc) is 2.42. The molecule has 0 fully saturated rings. The molecule has 1 aromatic carbocycles. The predicted octanol–water partition coefficient (Wildman–Crippen LogP) is 1.27. The van der Waals surface area contributed by atoms with Crippen LogP contribution in [0, 0.1) is 5.92 Å². The Labute approximate surface area is 122 Å². The molecule has 1 atom stereocenters. The second-order valence-electron chi connectivity index (χ2n) is 4.82. The van der Waals surface area contributed by atoms with Gasteiger partial charge >= 0.3 is 0 Å². The van der Waals surface area contributed by atoms with E-state index in [0.717, 1.165) is 11.3 Å². The lowest BCUT2D eigenvalue weighted by Crippen LogP contribution is -2.38. The highest BCUT2D eigenvalue weighted by Crippen LogP contribution is 2.29. The fourth-order valence-corrected chi connectivity index (χ4v) is 2.34. The van der Waals surface area contributed by atoms with Crippen LogP contribution in [0.25, 0.3) is 0 Å². The van der Waals surface area contributed by atoms with Gasteiger partial charge in [0.25, 0.3) is 0 Å². The number of primary amides is 1. The van der Waals surface area contributed by atoms with Crippen LogP contribution in [0.5, 0.6) is 5.75 Å². The molecule has 0 saturated heterocycles. The number of carbonyl (C=O) groups is 2. The number of hydrogen-bond acceptors (Lipinski definition) is 3. The number of benzene rings is 1. The Balaban J connectivity index is 1.85. The fraction of sp³-hybridized carbons (Fsp3) is 0.429. The zero-order valence-corrected chi connectivity index (χ0v) is 11.8. The molecular formula is C14H17ClN2O3. The van der Waals surface area contributed by atoms with Crippen molar-refractivity contribution in [2.75, 3.05) is 13.2 Å². The number of carbonyl (C=O) groups excluding carboxylic acids is 2. The third-order valence-corrected chi connectivity index (χ3v) is 3.43. The summed E-state index contributed by atoms with van der Waals surface area (Å²) in [4.78, 5) is 22.6. The van der Waals surface area contributed by atoms with Gasteiger partial charge in [-0.05, 0) is 36.6 Å². The summed E-state index contributed by atoms with van der Waals surface area (Å²) in [5.41, 5.74) is 5.98. The number of nitrogens with two attached hydrogens (primary N) is 1. The van der Waals surface area contributed by atoms with Crippen LogP contribution < -0.4 is 15.8 Å². The van der Waals surface area contributed by atoms with E-state index in [-0.39, 0.29) is 24.2 Å². The molecule has 0 radical (unpaired) electrons. The maximum atomic E-state index is 12.0. The first-order valence-corrected chi connectivity index (χ1v) is 6.91. The lowest BCUT2D eigenvalue weighted by atomic mass is 9.96. The monoisotopic (exact) mass is 296 g/mol. The SMILES string of the molecule is NC(=O)CCCNC(=O)[C@@H]1COc2ccc(Cl)cc2C1. The second kappa shape index (κ2) is 6.61. The molecule has 3 N–H and O–H groups in total. The van der Waals surface area contributed by atoms with Gasteiger partial charge in [0.2, 0.25) is 11.8 Å². The summed E-state index contributed by atoms with van der Waals surface area (Å²) < 4.78 is 5.56. The highest BCUT2D eigenvalue weighted by atomic mass is 35.5. The molecule has 0 bridgehead atoms. The summed E-state index contributed by atoms with van der Waals surface area (Å²) in [5.74, 6) is 0.130. The highest BCUT2D eigenvalue weighted by molar-refractivity contribution is 6.30. The van der Waals surface area contributed by atoms with Gasteiger partial charge in [0.1, 0.15) is 12.4 Å². The first-order chi connectivity index (χ1) is 9.56. The number of rotatable bonds is 5. The van der Waals surface area contributed by atoms with Gasteiger partial charge in [-0.25, -0.2) is 0 Å². The zero-order valence-electron chi connectivity index (χ0n) is 11.0. The Hall–Kier alpha value is -1.75. The summed E-state index contributed by atoms with van der Waals surface area (Å²) in [6.45, 7) is 0.803. The number of nitrogens with one attached hydrogen (secondary N) is 1. The molecule has 5 nitrogen and oxygen atoms in total. The van der Waals surface area contributed by atoms with Gasteiger partial charge < -0.3 is 15.8 Å². The van der Waals surface area contributed by atoms with E-state index in [4.69, 9.17) is 22.1 Å². The van der Waals surface area contributed by atoms with E-state index in [9.17, 15) is 9.59 Å². The molecule has 1 heterocycles. The number of amides is 2. The molecule has 0 aliphatic carbocycles. The minimum atomic E-state index is -0.358. The van der Waals surface area contributed by atoms with E-state index in [1.165, 1.54) is 0 Å². The molecule has 0 unspecified atom stereocenters. The van der Waals surface area contributed by atoms with Crippen molar-refractivity contribution in [2.24, 2.45) is 11.7 Å². The second-order valence-corrected chi connectivity index (χ2v) is 5.26. The van der Waals surface area contributed by atoms with E-state index in [2.05, 4.69) is 5.32 Å². The Bertz CT molecular complexity index is 519. The largest absolute Gasteiger partial charge is 0.492 e. The zero-order chi connectivity index (χ0) is 14.5. The van der Waals surface area contributed by atoms with Crippen LogP contribution in [-0.2, 0) is 16.0 Å². The van der Waals surface area contributed by atoms with Crippen LogP contribution in [-0.4, -0.2) is 25.0 Å². The molecule has 0 saturated carbocycles. The van der Waals surface area contributed by atoms with Gasteiger partial charge in [0.15, 0.2) is 0 Å². The standard InChI is InChI=1S/C14H17ClN2O3/c15-11-3-4-12-9(7-11)6-10(8-20-12)14(19)17-5-1-2-13(16)18/h3-4,7,10H,1-2,5-6,8H2,(H2,16,18)(H,17,19)/t10-/m0/s1. The van der Waals surface area contributed by atoms with Gasteiger partial charge in [0.05, 0.1) is 5.92 Å². The lowest BCUT2D eigenvalue weighted by Gasteiger charge is -2.24. The number of fused-ring (bicyclic) bond motifs is 1. The van der Waals surface area contributed by atoms with Crippen molar-refractivity contribution in [3.63, 3.8) is 0 Å². The first kappa shape index (κ1) is 14.7. The summed E-state index contributed by atoms with van der Waals surface area (Å²) in [7, 11) is 0. The van der Waals surface area contributed by atoms with E-state index >= 15 is 0 Å². The van der Waals surface area contributed by atoms with E-state index in [0.29, 0.717) is 31.0 Å². The highest BCUT2D eigenvalue weighted by Gasteiger charge is 2.25. The first-order valence-electron chi connectivity index (χ1n) is 6.53. The quantitative estimate of drug-likeness (QED) is 0.803. The van der Waals surface area contributed by atoms with Crippen LogP contribution >= 0.6 is 11.6 Å². The number of halogens is 1. The van der Waals surface area contributed by atoms with Crippen molar-refractivity contribution in [2.45, 2.75) is 19.3 Å². The van der Waals surface area contributed by atoms with E-state index < -0.39 is 0 Å². The molecule has 6 heteroatoms. The third-order valence-electron chi connectivity index (χ3n) is 3.20. The molecule has 108 valence electrons. The molecule has 2 rings (SSSR count). The normalized spacial score (nSPS) is 16.9. The topological polar surface area (TPSA) is 81.4 Å². The minimum absolute atomic E-state index is 0.0694. The molecule has 0 aromatic heterocycles. The van der Waals surface area contributed by atoms with Crippen LogP contribution in [0.3, 0.4) is 0 Å². The summed E-state index contributed by atoms with van der Waals surface area (Å²) in [6, 6.07) is 5.41. The summed E-state index contributed by atoms with van der Waals surface area (Å²) >= 11 is 5.94. The maximum Gasteiger partial charge on any atom is 0.226 e. The lowest BCUT2D eigenvalue weighted by molar-refractivity contribution is -0.126. The van der Waals surface area contributed by atoms with E-state index in [1.54, 1.807) is 6.07 Å².